The summed E-state index contributed by atoms with van der Waals surface area (Å²) in [5.74, 6) is -1.19. The zero-order valence-electron chi connectivity index (χ0n) is 12.1. The van der Waals surface area contributed by atoms with Gasteiger partial charge in [-0.25, -0.2) is 0 Å². The molecule has 1 amide bonds. The molecule has 4 heteroatoms. The Bertz CT molecular complexity index is 389. The van der Waals surface area contributed by atoms with Crippen molar-refractivity contribution in [2.75, 3.05) is 0 Å². The van der Waals surface area contributed by atoms with E-state index in [0.717, 1.165) is 38.5 Å². The van der Waals surface area contributed by atoms with Gasteiger partial charge in [-0.1, -0.05) is 30.9 Å². The molecule has 0 aliphatic heterocycles. The SMILES string of the molecule is O=C(CC1=CCCCC1)NC1CCCCCC1C(=O)O. The highest BCUT2D eigenvalue weighted by Gasteiger charge is 2.30. The number of aliphatic carboxylic acids is 1. The van der Waals surface area contributed by atoms with Crippen LogP contribution in [0.5, 0.6) is 0 Å². The van der Waals surface area contributed by atoms with Crippen LogP contribution in [-0.2, 0) is 9.59 Å². The lowest BCUT2D eigenvalue weighted by molar-refractivity contribution is -0.143. The lowest BCUT2D eigenvalue weighted by Crippen LogP contribution is -2.42. The van der Waals surface area contributed by atoms with Gasteiger partial charge in [-0.15, -0.1) is 0 Å². The van der Waals surface area contributed by atoms with E-state index in [2.05, 4.69) is 11.4 Å². The Morgan fingerprint density at radius 2 is 1.95 bits per heavy atom. The van der Waals surface area contributed by atoms with Crippen LogP contribution in [-0.4, -0.2) is 23.0 Å². The fraction of sp³-hybridized carbons (Fsp3) is 0.750. The summed E-state index contributed by atoms with van der Waals surface area (Å²) in [7, 11) is 0. The maximum Gasteiger partial charge on any atom is 0.308 e. The molecule has 2 N–H and O–H groups in total. The summed E-state index contributed by atoms with van der Waals surface area (Å²) < 4.78 is 0. The van der Waals surface area contributed by atoms with Crippen molar-refractivity contribution in [3.63, 3.8) is 0 Å². The average Bonchev–Trinajstić information content (AvgIpc) is 2.65. The summed E-state index contributed by atoms with van der Waals surface area (Å²) in [6.45, 7) is 0. The third kappa shape index (κ3) is 4.36. The predicted octanol–water partition coefficient (Wildman–Crippen LogP) is 3.03. The van der Waals surface area contributed by atoms with Gasteiger partial charge in [0.2, 0.25) is 5.91 Å². The molecule has 0 aromatic carbocycles. The molecule has 2 unspecified atom stereocenters. The highest BCUT2D eigenvalue weighted by atomic mass is 16.4. The van der Waals surface area contributed by atoms with Crippen LogP contribution < -0.4 is 5.32 Å². The van der Waals surface area contributed by atoms with Crippen LogP contribution in [0.15, 0.2) is 11.6 Å². The van der Waals surface area contributed by atoms with Crippen molar-refractivity contribution in [2.24, 2.45) is 5.92 Å². The largest absolute Gasteiger partial charge is 0.481 e. The highest BCUT2D eigenvalue weighted by Crippen LogP contribution is 2.25. The predicted molar refractivity (Wildman–Crippen MR) is 77.3 cm³/mol. The van der Waals surface area contributed by atoms with Gasteiger partial charge >= 0.3 is 5.97 Å². The molecule has 1 fully saturated rings. The first-order valence-electron chi connectivity index (χ1n) is 7.87. The summed E-state index contributed by atoms with van der Waals surface area (Å²) in [4.78, 5) is 23.4. The third-order valence-corrected chi connectivity index (χ3v) is 4.45. The Labute approximate surface area is 120 Å². The molecule has 2 atom stereocenters. The number of nitrogens with one attached hydrogen (secondary N) is 1. The van der Waals surface area contributed by atoms with Crippen LogP contribution in [0, 0.1) is 5.92 Å². The van der Waals surface area contributed by atoms with E-state index in [4.69, 9.17) is 0 Å². The second kappa shape index (κ2) is 7.46. The molecule has 1 saturated carbocycles. The summed E-state index contributed by atoms with van der Waals surface area (Å²) >= 11 is 0. The van der Waals surface area contributed by atoms with Crippen LogP contribution in [0.1, 0.15) is 64.2 Å². The minimum Gasteiger partial charge on any atom is -0.481 e. The molecule has 2 rings (SSSR count). The molecule has 20 heavy (non-hydrogen) atoms. The first kappa shape index (κ1) is 15.1. The first-order valence-corrected chi connectivity index (χ1v) is 7.87. The Morgan fingerprint density at radius 3 is 2.65 bits per heavy atom. The summed E-state index contributed by atoms with van der Waals surface area (Å²) in [6.07, 6.45) is 11.6. The molecular formula is C16H25NO3. The van der Waals surface area contributed by atoms with Crippen molar-refractivity contribution in [3.05, 3.63) is 11.6 Å². The number of carboxylic acid groups (broad SMARTS) is 1. The average molecular weight is 279 g/mol. The van der Waals surface area contributed by atoms with Gasteiger partial charge in [0.15, 0.2) is 0 Å². The fourth-order valence-electron chi connectivity index (χ4n) is 3.31. The van der Waals surface area contributed by atoms with Crippen LogP contribution in [0.4, 0.5) is 0 Å². The smallest absolute Gasteiger partial charge is 0.308 e. The van der Waals surface area contributed by atoms with Gasteiger partial charge < -0.3 is 10.4 Å². The number of carbonyl (C=O) groups is 2. The number of allylic oxidation sites excluding steroid dienone is 1. The molecule has 0 aromatic rings. The zero-order valence-corrected chi connectivity index (χ0v) is 12.1. The summed E-state index contributed by atoms with van der Waals surface area (Å²) in [6, 6.07) is -0.188. The van der Waals surface area contributed by atoms with E-state index < -0.39 is 11.9 Å². The Balaban J connectivity index is 1.90. The van der Waals surface area contributed by atoms with E-state index in [0.29, 0.717) is 12.8 Å². The van der Waals surface area contributed by atoms with Crippen LogP contribution in [0.2, 0.25) is 0 Å². The molecule has 2 aliphatic carbocycles. The van der Waals surface area contributed by atoms with E-state index in [1.165, 1.54) is 18.4 Å². The van der Waals surface area contributed by atoms with E-state index in [1.807, 2.05) is 0 Å². The molecule has 0 aromatic heterocycles. The maximum absolute atomic E-state index is 12.1. The molecule has 2 aliphatic rings. The number of amides is 1. The maximum atomic E-state index is 12.1. The minimum atomic E-state index is -0.769. The lowest BCUT2D eigenvalue weighted by Gasteiger charge is -2.23. The second-order valence-corrected chi connectivity index (χ2v) is 6.04. The molecule has 0 radical (unpaired) electrons. The van der Waals surface area contributed by atoms with E-state index in [9.17, 15) is 14.7 Å². The minimum absolute atomic E-state index is 0.00343. The van der Waals surface area contributed by atoms with E-state index >= 15 is 0 Å². The highest BCUT2D eigenvalue weighted by molar-refractivity contribution is 5.80. The monoisotopic (exact) mass is 279 g/mol. The summed E-state index contributed by atoms with van der Waals surface area (Å²) in [5.41, 5.74) is 1.22. The number of carboxylic acids is 1. The van der Waals surface area contributed by atoms with Gasteiger partial charge in [-0.2, -0.15) is 0 Å². The number of carbonyl (C=O) groups excluding carboxylic acids is 1. The third-order valence-electron chi connectivity index (χ3n) is 4.45. The Kier molecular flexibility index (Phi) is 5.62. The van der Waals surface area contributed by atoms with Crippen molar-refractivity contribution in [3.8, 4) is 0 Å². The lowest BCUT2D eigenvalue weighted by atomic mass is 9.93. The second-order valence-electron chi connectivity index (χ2n) is 6.04. The number of hydrogen-bond acceptors (Lipinski definition) is 2. The van der Waals surface area contributed by atoms with Crippen LogP contribution >= 0.6 is 0 Å². The number of rotatable bonds is 4. The number of hydrogen-bond donors (Lipinski definition) is 2. The van der Waals surface area contributed by atoms with Gasteiger partial charge in [0.05, 0.1) is 5.92 Å². The molecule has 0 saturated heterocycles. The molecule has 0 spiro atoms. The first-order chi connectivity index (χ1) is 9.66. The quantitative estimate of drug-likeness (QED) is 0.614. The van der Waals surface area contributed by atoms with Crippen molar-refractivity contribution < 1.29 is 14.7 Å². The molecule has 4 nitrogen and oxygen atoms in total. The molecule has 0 heterocycles. The van der Waals surface area contributed by atoms with Crippen LogP contribution in [0.25, 0.3) is 0 Å². The topological polar surface area (TPSA) is 66.4 Å². The normalized spacial score (nSPS) is 27.3. The van der Waals surface area contributed by atoms with E-state index in [-0.39, 0.29) is 11.9 Å². The molecule has 112 valence electrons. The molecular weight excluding hydrogens is 254 g/mol. The summed E-state index contributed by atoms with van der Waals surface area (Å²) in [5, 5.41) is 12.3. The van der Waals surface area contributed by atoms with Crippen LogP contribution in [0.3, 0.4) is 0 Å². The fourth-order valence-corrected chi connectivity index (χ4v) is 3.31. The van der Waals surface area contributed by atoms with E-state index in [1.54, 1.807) is 0 Å². The van der Waals surface area contributed by atoms with Gasteiger partial charge in [0.1, 0.15) is 0 Å². The van der Waals surface area contributed by atoms with Crippen molar-refractivity contribution >= 4 is 11.9 Å². The van der Waals surface area contributed by atoms with Gasteiger partial charge in [-0.3, -0.25) is 9.59 Å². The standard InChI is InChI=1S/C16H25NO3/c18-15(11-12-7-3-1-4-8-12)17-14-10-6-2-5-9-13(14)16(19)20/h7,13-14H,1-6,8-11H2,(H,17,18)(H,19,20). The zero-order chi connectivity index (χ0) is 14.4. The van der Waals surface area contributed by atoms with Gasteiger partial charge in [-0.05, 0) is 38.5 Å². The Hall–Kier alpha value is -1.32. The van der Waals surface area contributed by atoms with Gasteiger partial charge in [0, 0.05) is 12.5 Å². The Morgan fingerprint density at radius 1 is 1.15 bits per heavy atom. The molecule has 0 bridgehead atoms. The van der Waals surface area contributed by atoms with Crippen molar-refractivity contribution in [2.45, 2.75) is 70.3 Å². The van der Waals surface area contributed by atoms with Crippen molar-refractivity contribution in [1.29, 1.82) is 0 Å². The van der Waals surface area contributed by atoms with Crippen molar-refractivity contribution in [1.82, 2.24) is 5.32 Å². The van der Waals surface area contributed by atoms with Gasteiger partial charge in [0.25, 0.3) is 0 Å².